The molecule has 1 amide bonds. The topological polar surface area (TPSA) is 95.9 Å². The highest BCUT2D eigenvalue weighted by molar-refractivity contribution is 5.76. The highest BCUT2D eigenvalue weighted by atomic mass is 16.5. The molecule has 0 aromatic rings. The van der Waals surface area contributed by atoms with E-state index in [2.05, 4.69) is 31.3 Å². The van der Waals surface area contributed by atoms with Gasteiger partial charge < -0.3 is 20.3 Å². The summed E-state index contributed by atoms with van der Waals surface area (Å²) in [7, 11) is 0. The number of esters is 1. The molecule has 3 N–H and O–H groups in total. The van der Waals surface area contributed by atoms with Gasteiger partial charge in [0.05, 0.1) is 25.4 Å². The normalized spacial score (nSPS) is 12.5. The molecule has 6 nitrogen and oxygen atoms in total. The van der Waals surface area contributed by atoms with E-state index >= 15 is 0 Å². The Morgan fingerprint density at radius 1 is 0.360 bits per heavy atom. The van der Waals surface area contributed by atoms with Gasteiger partial charge in [-0.2, -0.15) is 0 Å². The lowest BCUT2D eigenvalue weighted by atomic mass is 10.0. The molecule has 0 spiro atoms. The summed E-state index contributed by atoms with van der Waals surface area (Å²) in [5.74, 6) is -0.0163. The molecule has 0 aliphatic rings. The third-order valence-corrected chi connectivity index (χ3v) is 16.3. The van der Waals surface area contributed by atoms with E-state index in [0.29, 0.717) is 25.9 Å². The van der Waals surface area contributed by atoms with Crippen molar-refractivity contribution in [1.82, 2.24) is 5.32 Å². The number of nitrogens with one attached hydrogen (secondary N) is 1. The molecule has 0 aliphatic heterocycles. The number of aliphatic hydroxyl groups is 2. The SMILES string of the molecule is CCCCCCCCC/C=C\CCCCCCCC(=O)OCCCCCCCCCCCCCCCCCCCCCCCCCCCCCCCC(=O)NC(CO)C(O)CCCCCCCCCCCCCCC. The van der Waals surface area contributed by atoms with Crippen LogP contribution in [0.25, 0.3) is 0 Å². The van der Waals surface area contributed by atoms with Gasteiger partial charge in [0.2, 0.25) is 5.91 Å². The van der Waals surface area contributed by atoms with E-state index in [0.717, 1.165) is 44.9 Å². The van der Waals surface area contributed by atoms with E-state index < -0.39 is 12.1 Å². The summed E-state index contributed by atoms with van der Waals surface area (Å²) in [4.78, 5) is 24.6. The smallest absolute Gasteiger partial charge is 0.305 e. The number of carbonyl (C=O) groups is 2. The number of rotatable bonds is 65. The van der Waals surface area contributed by atoms with Gasteiger partial charge in [-0.3, -0.25) is 9.59 Å². The molecule has 0 radical (unpaired) electrons. The molecule has 0 heterocycles. The molecule has 0 saturated carbocycles. The van der Waals surface area contributed by atoms with Crippen molar-refractivity contribution < 1.29 is 24.5 Å². The highest BCUT2D eigenvalue weighted by Gasteiger charge is 2.20. The van der Waals surface area contributed by atoms with Gasteiger partial charge >= 0.3 is 5.97 Å². The first kappa shape index (κ1) is 73.6. The van der Waals surface area contributed by atoms with Gasteiger partial charge in [-0.05, 0) is 51.4 Å². The zero-order valence-corrected chi connectivity index (χ0v) is 51.1. The lowest BCUT2D eigenvalue weighted by molar-refractivity contribution is -0.143. The molecule has 0 aromatic carbocycles. The minimum Gasteiger partial charge on any atom is -0.466 e. The lowest BCUT2D eigenvalue weighted by Gasteiger charge is -2.22. The molecule has 0 saturated heterocycles. The average molecular weight is 1060 g/mol. The summed E-state index contributed by atoms with van der Waals surface area (Å²) in [5, 5.41) is 23.3. The lowest BCUT2D eigenvalue weighted by Crippen LogP contribution is -2.45. The number of amides is 1. The van der Waals surface area contributed by atoms with Crippen LogP contribution in [0, 0.1) is 0 Å². The Balaban J connectivity index is 3.31. The van der Waals surface area contributed by atoms with E-state index in [4.69, 9.17) is 4.74 Å². The molecule has 2 atom stereocenters. The molecule has 2 unspecified atom stereocenters. The van der Waals surface area contributed by atoms with Crippen LogP contribution in [0.2, 0.25) is 0 Å². The van der Waals surface area contributed by atoms with Gasteiger partial charge in [-0.25, -0.2) is 0 Å². The maximum atomic E-state index is 12.5. The molecular weight excluding hydrogens is 923 g/mol. The van der Waals surface area contributed by atoms with Crippen LogP contribution in [0.5, 0.6) is 0 Å². The van der Waals surface area contributed by atoms with Crippen LogP contribution in [-0.2, 0) is 14.3 Å². The molecular formula is C69H135NO5. The first-order chi connectivity index (χ1) is 37.0. The predicted octanol–water partition coefficient (Wildman–Crippen LogP) is 22.0. The average Bonchev–Trinajstić information content (AvgIpc) is 3.41. The number of ether oxygens (including phenoxy) is 1. The fraction of sp³-hybridized carbons (Fsp3) is 0.942. The zero-order chi connectivity index (χ0) is 54.3. The van der Waals surface area contributed by atoms with Crippen molar-refractivity contribution >= 4 is 11.9 Å². The fourth-order valence-corrected chi connectivity index (χ4v) is 11.1. The third kappa shape index (κ3) is 61.7. The highest BCUT2D eigenvalue weighted by Crippen LogP contribution is 2.19. The number of unbranched alkanes of at least 4 members (excludes halogenated alkanes) is 52. The van der Waals surface area contributed by atoms with E-state index in [1.807, 2.05) is 0 Å². The van der Waals surface area contributed by atoms with Gasteiger partial charge in [-0.15, -0.1) is 0 Å². The van der Waals surface area contributed by atoms with Crippen molar-refractivity contribution in [2.45, 2.75) is 405 Å². The fourth-order valence-electron chi connectivity index (χ4n) is 11.1. The Morgan fingerprint density at radius 2 is 0.627 bits per heavy atom. The number of carbonyl (C=O) groups excluding carboxylic acids is 2. The second kappa shape index (κ2) is 65.1. The van der Waals surface area contributed by atoms with Crippen LogP contribution in [0.1, 0.15) is 393 Å². The van der Waals surface area contributed by atoms with Crippen LogP contribution in [0.3, 0.4) is 0 Å². The molecule has 0 rings (SSSR count). The van der Waals surface area contributed by atoms with Crippen molar-refractivity contribution in [3.63, 3.8) is 0 Å². The van der Waals surface area contributed by atoms with Gasteiger partial charge in [0, 0.05) is 12.8 Å². The van der Waals surface area contributed by atoms with E-state index in [1.54, 1.807) is 0 Å². The summed E-state index contributed by atoms with van der Waals surface area (Å²) in [5.41, 5.74) is 0. The monoisotopic (exact) mass is 1060 g/mol. The van der Waals surface area contributed by atoms with Crippen LogP contribution in [0.4, 0.5) is 0 Å². The van der Waals surface area contributed by atoms with E-state index in [9.17, 15) is 19.8 Å². The second-order valence-corrected chi connectivity index (χ2v) is 23.9. The van der Waals surface area contributed by atoms with Gasteiger partial charge in [0.15, 0.2) is 0 Å². The summed E-state index contributed by atoms with van der Waals surface area (Å²) >= 11 is 0. The van der Waals surface area contributed by atoms with Crippen molar-refractivity contribution in [3.8, 4) is 0 Å². The molecule has 0 aromatic heterocycles. The molecule has 0 aliphatic carbocycles. The molecule has 0 fully saturated rings. The van der Waals surface area contributed by atoms with Crippen LogP contribution >= 0.6 is 0 Å². The van der Waals surface area contributed by atoms with E-state index in [-0.39, 0.29) is 18.5 Å². The predicted molar refractivity (Wildman–Crippen MR) is 329 cm³/mol. The van der Waals surface area contributed by atoms with Crippen LogP contribution in [0.15, 0.2) is 12.2 Å². The Hall–Kier alpha value is -1.40. The molecule has 6 heteroatoms. The maximum absolute atomic E-state index is 12.5. The number of aliphatic hydroxyl groups excluding tert-OH is 2. The maximum Gasteiger partial charge on any atom is 0.305 e. The minimum atomic E-state index is -0.660. The third-order valence-electron chi connectivity index (χ3n) is 16.3. The van der Waals surface area contributed by atoms with E-state index in [1.165, 1.54) is 315 Å². The Morgan fingerprint density at radius 3 is 0.947 bits per heavy atom. The molecule has 0 bridgehead atoms. The van der Waals surface area contributed by atoms with Gasteiger partial charge in [0.1, 0.15) is 0 Å². The summed E-state index contributed by atoms with van der Waals surface area (Å²) in [6, 6.07) is -0.537. The minimum absolute atomic E-state index is 0.0129. The summed E-state index contributed by atoms with van der Waals surface area (Å²) in [6.45, 7) is 4.98. The van der Waals surface area contributed by atoms with Gasteiger partial charge in [-0.1, -0.05) is 341 Å². The summed E-state index contributed by atoms with van der Waals surface area (Å²) in [6.07, 6.45) is 79.7. The van der Waals surface area contributed by atoms with Crippen molar-refractivity contribution in [2.75, 3.05) is 13.2 Å². The Bertz CT molecular complexity index is 1130. The molecule has 446 valence electrons. The summed E-state index contributed by atoms with van der Waals surface area (Å²) < 4.78 is 5.50. The first-order valence-electron chi connectivity index (χ1n) is 34.4. The largest absolute Gasteiger partial charge is 0.466 e. The standard InChI is InChI=1S/C69H135NO5/c1-3-5-7-9-11-13-15-17-18-35-39-43-47-51-55-59-63-69(74)75-64-60-56-52-48-44-40-36-33-31-29-27-25-23-21-19-20-22-24-26-28-30-32-34-38-42-46-50-54-58-62-68(73)70-66(65-71)67(72)61-57-53-49-45-41-37-16-14-12-10-8-6-4-2/h18,35,66-67,71-72H,3-17,19-34,36-65H2,1-2H3,(H,70,73)/b35-18-. The second-order valence-electron chi connectivity index (χ2n) is 23.9. The van der Waals surface area contributed by atoms with Crippen molar-refractivity contribution in [2.24, 2.45) is 0 Å². The number of allylic oxidation sites excluding steroid dienone is 2. The first-order valence-corrected chi connectivity index (χ1v) is 34.4. The Labute approximate surface area is 469 Å². The van der Waals surface area contributed by atoms with Crippen LogP contribution in [-0.4, -0.2) is 47.4 Å². The quantitative estimate of drug-likeness (QED) is 0.0320. The zero-order valence-electron chi connectivity index (χ0n) is 51.1. The molecule has 75 heavy (non-hydrogen) atoms. The number of hydrogen-bond donors (Lipinski definition) is 3. The Kier molecular flexibility index (Phi) is 63.9. The van der Waals surface area contributed by atoms with Crippen molar-refractivity contribution in [3.05, 3.63) is 12.2 Å². The van der Waals surface area contributed by atoms with Crippen LogP contribution < -0.4 is 5.32 Å². The van der Waals surface area contributed by atoms with Gasteiger partial charge in [0.25, 0.3) is 0 Å². The van der Waals surface area contributed by atoms with Crippen molar-refractivity contribution in [1.29, 1.82) is 0 Å². The number of hydrogen-bond acceptors (Lipinski definition) is 5.